The topological polar surface area (TPSA) is 49.8 Å². The average molecular weight is 290 g/mol. The second kappa shape index (κ2) is 7.96. The highest BCUT2D eigenvalue weighted by molar-refractivity contribution is 6.18. The van der Waals surface area contributed by atoms with Crippen LogP contribution in [0.2, 0.25) is 0 Å². The third-order valence-corrected chi connectivity index (χ3v) is 2.78. The van der Waals surface area contributed by atoms with Crippen molar-refractivity contribution in [2.45, 2.75) is 19.6 Å². The standard InChI is InChI=1S/C13H17ClFNO3/c1-2-19-13(18)16(9-12(17)7-14)8-10-3-5-11(15)6-4-10/h3-6,12,17H,2,7-9H2,1H3. The van der Waals surface area contributed by atoms with E-state index in [0.29, 0.717) is 0 Å². The predicted octanol–water partition coefficient (Wildman–Crippen LogP) is 2.38. The van der Waals surface area contributed by atoms with Crippen molar-refractivity contribution in [1.82, 2.24) is 4.90 Å². The summed E-state index contributed by atoms with van der Waals surface area (Å²) in [7, 11) is 0. The molecule has 0 spiro atoms. The van der Waals surface area contributed by atoms with E-state index in [4.69, 9.17) is 16.3 Å². The Morgan fingerprint density at radius 1 is 1.47 bits per heavy atom. The molecule has 4 nitrogen and oxygen atoms in total. The molecule has 1 aromatic carbocycles. The highest BCUT2D eigenvalue weighted by atomic mass is 35.5. The molecule has 0 bridgehead atoms. The van der Waals surface area contributed by atoms with Crippen LogP contribution in [-0.2, 0) is 11.3 Å². The molecule has 1 atom stereocenters. The summed E-state index contributed by atoms with van der Waals surface area (Å²) >= 11 is 5.52. The number of aliphatic hydroxyl groups is 1. The van der Waals surface area contributed by atoms with Crippen LogP contribution in [0.25, 0.3) is 0 Å². The molecule has 0 heterocycles. The Hall–Kier alpha value is -1.33. The Balaban J connectivity index is 2.72. The molecule has 106 valence electrons. The smallest absolute Gasteiger partial charge is 0.410 e. The Morgan fingerprint density at radius 3 is 2.63 bits per heavy atom. The number of hydrogen-bond donors (Lipinski definition) is 1. The fraction of sp³-hybridized carbons (Fsp3) is 0.462. The van der Waals surface area contributed by atoms with E-state index in [1.54, 1.807) is 19.1 Å². The average Bonchev–Trinajstić information content (AvgIpc) is 2.40. The van der Waals surface area contributed by atoms with Crippen LogP contribution in [0.3, 0.4) is 0 Å². The minimum Gasteiger partial charge on any atom is -0.450 e. The molecular formula is C13H17ClFNO3. The molecule has 19 heavy (non-hydrogen) atoms. The van der Waals surface area contributed by atoms with E-state index in [0.717, 1.165) is 5.56 Å². The lowest BCUT2D eigenvalue weighted by Gasteiger charge is -2.23. The van der Waals surface area contributed by atoms with Crippen molar-refractivity contribution in [2.24, 2.45) is 0 Å². The van der Waals surface area contributed by atoms with Gasteiger partial charge >= 0.3 is 6.09 Å². The van der Waals surface area contributed by atoms with Crippen molar-refractivity contribution in [3.05, 3.63) is 35.6 Å². The predicted molar refractivity (Wildman–Crippen MR) is 70.6 cm³/mol. The van der Waals surface area contributed by atoms with Gasteiger partial charge in [0, 0.05) is 6.54 Å². The zero-order valence-corrected chi connectivity index (χ0v) is 11.4. The number of alkyl halides is 1. The maximum atomic E-state index is 12.8. The van der Waals surface area contributed by atoms with Gasteiger partial charge in [0.2, 0.25) is 0 Å². The summed E-state index contributed by atoms with van der Waals surface area (Å²) in [5.74, 6) is -0.313. The molecule has 0 fully saturated rings. The summed E-state index contributed by atoms with van der Waals surface area (Å²) in [6.45, 7) is 2.24. The number of rotatable bonds is 6. The zero-order valence-electron chi connectivity index (χ0n) is 10.7. The van der Waals surface area contributed by atoms with E-state index in [-0.39, 0.29) is 31.4 Å². The Labute approximate surface area is 116 Å². The van der Waals surface area contributed by atoms with Crippen LogP contribution in [0.15, 0.2) is 24.3 Å². The molecule has 0 aliphatic rings. The van der Waals surface area contributed by atoms with E-state index < -0.39 is 12.2 Å². The van der Waals surface area contributed by atoms with Crippen LogP contribution in [0.5, 0.6) is 0 Å². The van der Waals surface area contributed by atoms with E-state index >= 15 is 0 Å². The molecule has 0 saturated heterocycles. The van der Waals surface area contributed by atoms with Gasteiger partial charge in [-0.2, -0.15) is 0 Å². The van der Waals surface area contributed by atoms with Gasteiger partial charge in [0.15, 0.2) is 0 Å². The summed E-state index contributed by atoms with van der Waals surface area (Å²) in [6, 6.07) is 5.79. The number of carbonyl (C=O) groups excluding carboxylic acids is 1. The molecule has 1 rings (SSSR count). The van der Waals surface area contributed by atoms with Crippen molar-refractivity contribution >= 4 is 17.7 Å². The van der Waals surface area contributed by atoms with Crippen LogP contribution in [-0.4, -0.2) is 41.2 Å². The lowest BCUT2D eigenvalue weighted by molar-refractivity contribution is 0.0789. The molecule has 1 N–H and O–H groups in total. The highest BCUT2D eigenvalue weighted by Gasteiger charge is 2.18. The molecule has 0 aliphatic carbocycles. The molecule has 0 aromatic heterocycles. The largest absolute Gasteiger partial charge is 0.450 e. The number of aliphatic hydroxyl groups excluding tert-OH is 1. The molecule has 0 saturated carbocycles. The zero-order chi connectivity index (χ0) is 14.3. The van der Waals surface area contributed by atoms with Gasteiger partial charge in [0.25, 0.3) is 0 Å². The number of benzene rings is 1. The number of ether oxygens (including phenoxy) is 1. The SMILES string of the molecule is CCOC(=O)N(Cc1ccc(F)cc1)CC(O)CCl. The minimum atomic E-state index is -0.827. The van der Waals surface area contributed by atoms with Crippen LogP contribution in [0.4, 0.5) is 9.18 Å². The number of halogens is 2. The second-order valence-electron chi connectivity index (χ2n) is 4.01. The molecule has 1 unspecified atom stereocenters. The summed E-state index contributed by atoms with van der Waals surface area (Å²) < 4.78 is 17.7. The number of nitrogens with zero attached hydrogens (tertiary/aromatic N) is 1. The lowest BCUT2D eigenvalue weighted by Crippen LogP contribution is -2.38. The summed E-state index contributed by atoms with van der Waals surface area (Å²) in [5.41, 5.74) is 0.747. The van der Waals surface area contributed by atoms with Gasteiger partial charge in [-0.3, -0.25) is 0 Å². The van der Waals surface area contributed by atoms with E-state index in [1.165, 1.54) is 17.0 Å². The first kappa shape index (κ1) is 15.7. The third kappa shape index (κ3) is 5.44. The van der Waals surface area contributed by atoms with Gasteiger partial charge in [-0.05, 0) is 24.6 Å². The van der Waals surface area contributed by atoms with Gasteiger partial charge in [-0.1, -0.05) is 12.1 Å². The van der Waals surface area contributed by atoms with E-state index in [1.807, 2.05) is 0 Å². The molecule has 0 aliphatic heterocycles. The van der Waals surface area contributed by atoms with Crippen molar-refractivity contribution in [2.75, 3.05) is 19.0 Å². The van der Waals surface area contributed by atoms with Crippen LogP contribution in [0, 0.1) is 5.82 Å². The first-order valence-corrected chi connectivity index (χ1v) is 6.50. The maximum Gasteiger partial charge on any atom is 0.410 e. The number of amides is 1. The molecule has 1 aromatic rings. The number of carbonyl (C=O) groups is 1. The van der Waals surface area contributed by atoms with E-state index in [2.05, 4.69) is 0 Å². The number of hydrogen-bond acceptors (Lipinski definition) is 3. The summed E-state index contributed by atoms with van der Waals surface area (Å²) in [5, 5.41) is 9.53. The quantitative estimate of drug-likeness (QED) is 0.818. The Morgan fingerprint density at radius 2 is 2.11 bits per heavy atom. The fourth-order valence-corrected chi connectivity index (χ4v) is 1.63. The van der Waals surface area contributed by atoms with Crippen LogP contribution in [0.1, 0.15) is 12.5 Å². The van der Waals surface area contributed by atoms with Crippen molar-refractivity contribution in [3.8, 4) is 0 Å². The van der Waals surface area contributed by atoms with Gasteiger partial charge in [-0.25, -0.2) is 9.18 Å². The monoisotopic (exact) mass is 289 g/mol. The summed E-state index contributed by atoms with van der Waals surface area (Å²) in [4.78, 5) is 13.1. The van der Waals surface area contributed by atoms with Crippen molar-refractivity contribution in [1.29, 1.82) is 0 Å². The Kier molecular flexibility index (Phi) is 6.59. The van der Waals surface area contributed by atoms with Crippen LogP contribution < -0.4 is 0 Å². The third-order valence-electron chi connectivity index (χ3n) is 2.42. The first-order valence-electron chi connectivity index (χ1n) is 5.97. The first-order chi connectivity index (χ1) is 9.06. The molecule has 0 radical (unpaired) electrons. The van der Waals surface area contributed by atoms with Crippen molar-refractivity contribution in [3.63, 3.8) is 0 Å². The second-order valence-corrected chi connectivity index (χ2v) is 4.32. The van der Waals surface area contributed by atoms with Gasteiger partial charge in [0.05, 0.1) is 25.1 Å². The Bertz CT molecular complexity index is 399. The fourth-order valence-electron chi connectivity index (χ4n) is 1.53. The maximum absolute atomic E-state index is 12.8. The van der Waals surface area contributed by atoms with E-state index in [9.17, 15) is 14.3 Å². The molecule has 1 amide bonds. The van der Waals surface area contributed by atoms with Gasteiger partial charge in [-0.15, -0.1) is 11.6 Å². The lowest BCUT2D eigenvalue weighted by atomic mass is 10.2. The summed E-state index contributed by atoms with van der Waals surface area (Å²) in [6.07, 6.45) is -1.36. The van der Waals surface area contributed by atoms with Gasteiger partial charge < -0.3 is 14.7 Å². The van der Waals surface area contributed by atoms with Gasteiger partial charge in [0.1, 0.15) is 5.82 Å². The van der Waals surface area contributed by atoms with Crippen molar-refractivity contribution < 1.29 is 19.0 Å². The minimum absolute atomic E-state index is 0.0271. The normalized spacial score (nSPS) is 12.0. The molecule has 6 heteroatoms. The molecular weight excluding hydrogens is 273 g/mol. The van der Waals surface area contributed by atoms with Crippen LogP contribution >= 0.6 is 11.6 Å². The highest BCUT2D eigenvalue weighted by Crippen LogP contribution is 2.09.